The average Bonchev–Trinajstić information content (AvgIpc) is 2.64. The molecule has 0 radical (unpaired) electrons. The van der Waals surface area contributed by atoms with Gasteiger partial charge in [0.1, 0.15) is 5.75 Å². The molecule has 0 atom stereocenters. The molecule has 0 aromatic heterocycles. The van der Waals surface area contributed by atoms with E-state index in [1.807, 2.05) is 48.5 Å². The fraction of sp³-hybridized carbons (Fsp3) is 0.263. The quantitative estimate of drug-likeness (QED) is 0.628. The Morgan fingerprint density at radius 2 is 1.71 bits per heavy atom. The van der Waals surface area contributed by atoms with Crippen LogP contribution >= 0.6 is 0 Å². The van der Waals surface area contributed by atoms with Crippen LogP contribution in [0, 0.1) is 0 Å². The summed E-state index contributed by atoms with van der Waals surface area (Å²) in [6.45, 7) is 6.10. The van der Waals surface area contributed by atoms with Gasteiger partial charge in [-0.15, -0.1) is 0 Å². The summed E-state index contributed by atoms with van der Waals surface area (Å²) < 4.78 is 5.09. The molecule has 0 saturated heterocycles. The lowest BCUT2D eigenvalue weighted by Crippen LogP contribution is -2.22. The first-order valence-corrected chi connectivity index (χ1v) is 8.00. The van der Waals surface area contributed by atoms with E-state index in [0.29, 0.717) is 5.56 Å². The SMILES string of the molecule is CCN(CC)c1ccc(C(=O)N/N=C\c2ccc(OC)cc2)cc1. The fourth-order valence-electron chi connectivity index (χ4n) is 2.33. The van der Waals surface area contributed by atoms with Crippen LogP contribution in [0.25, 0.3) is 0 Å². The molecular weight excluding hydrogens is 302 g/mol. The summed E-state index contributed by atoms with van der Waals surface area (Å²) in [5.41, 5.74) is 5.11. The number of hydrogen-bond donors (Lipinski definition) is 1. The summed E-state index contributed by atoms with van der Waals surface area (Å²) in [6, 6.07) is 15.0. The Balaban J connectivity index is 1.95. The minimum atomic E-state index is -0.231. The molecule has 2 aromatic carbocycles. The molecule has 1 amide bonds. The van der Waals surface area contributed by atoms with Crippen LogP contribution in [0.1, 0.15) is 29.8 Å². The second-order valence-electron chi connectivity index (χ2n) is 5.19. The molecule has 1 N–H and O–H groups in total. The second-order valence-corrected chi connectivity index (χ2v) is 5.19. The van der Waals surface area contributed by atoms with Crippen LogP contribution in [0.3, 0.4) is 0 Å². The Hall–Kier alpha value is -2.82. The van der Waals surface area contributed by atoms with Crippen molar-refractivity contribution in [2.45, 2.75) is 13.8 Å². The number of hydrogen-bond acceptors (Lipinski definition) is 4. The van der Waals surface area contributed by atoms with Crippen molar-refractivity contribution in [2.75, 3.05) is 25.1 Å². The maximum absolute atomic E-state index is 12.1. The van der Waals surface area contributed by atoms with Crippen LogP contribution in [-0.4, -0.2) is 32.3 Å². The van der Waals surface area contributed by atoms with Crippen LogP contribution in [0.5, 0.6) is 5.75 Å². The summed E-state index contributed by atoms with van der Waals surface area (Å²) in [5.74, 6) is 0.551. The third-order valence-electron chi connectivity index (χ3n) is 3.75. The average molecular weight is 325 g/mol. The highest BCUT2D eigenvalue weighted by Gasteiger charge is 2.06. The summed E-state index contributed by atoms with van der Waals surface area (Å²) in [5, 5.41) is 3.99. The van der Waals surface area contributed by atoms with Gasteiger partial charge >= 0.3 is 0 Å². The lowest BCUT2D eigenvalue weighted by Gasteiger charge is -2.20. The topological polar surface area (TPSA) is 53.9 Å². The number of methoxy groups -OCH3 is 1. The molecule has 0 heterocycles. The third-order valence-corrected chi connectivity index (χ3v) is 3.75. The number of nitrogens with zero attached hydrogens (tertiary/aromatic N) is 2. The molecule has 0 fully saturated rings. The maximum Gasteiger partial charge on any atom is 0.271 e. The number of carbonyl (C=O) groups excluding carboxylic acids is 1. The maximum atomic E-state index is 12.1. The largest absolute Gasteiger partial charge is 0.497 e. The van der Waals surface area contributed by atoms with Gasteiger partial charge < -0.3 is 9.64 Å². The van der Waals surface area contributed by atoms with Crippen LogP contribution < -0.4 is 15.1 Å². The first-order valence-electron chi connectivity index (χ1n) is 8.00. The summed E-state index contributed by atoms with van der Waals surface area (Å²) in [6.07, 6.45) is 1.60. The molecule has 24 heavy (non-hydrogen) atoms. The Bertz CT molecular complexity index is 675. The van der Waals surface area contributed by atoms with Gasteiger partial charge in [0.25, 0.3) is 5.91 Å². The van der Waals surface area contributed by atoms with Gasteiger partial charge in [-0.1, -0.05) is 0 Å². The van der Waals surface area contributed by atoms with E-state index in [4.69, 9.17) is 4.74 Å². The monoisotopic (exact) mass is 325 g/mol. The van der Waals surface area contributed by atoms with E-state index < -0.39 is 0 Å². The Morgan fingerprint density at radius 3 is 2.25 bits per heavy atom. The van der Waals surface area contributed by atoms with Gasteiger partial charge in [0.2, 0.25) is 0 Å². The fourth-order valence-corrected chi connectivity index (χ4v) is 2.33. The zero-order chi connectivity index (χ0) is 17.4. The van der Waals surface area contributed by atoms with Gasteiger partial charge in [-0.05, 0) is 67.9 Å². The number of carbonyl (C=O) groups is 1. The van der Waals surface area contributed by atoms with Gasteiger partial charge in [0, 0.05) is 24.3 Å². The molecule has 0 unspecified atom stereocenters. The first kappa shape index (κ1) is 17.5. The molecule has 2 aromatic rings. The number of benzene rings is 2. The van der Waals surface area contributed by atoms with Gasteiger partial charge in [-0.25, -0.2) is 5.43 Å². The predicted octanol–water partition coefficient (Wildman–Crippen LogP) is 3.31. The van der Waals surface area contributed by atoms with Crippen LogP contribution in [0.15, 0.2) is 53.6 Å². The summed E-state index contributed by atoms with van der Waals surface area (Å²) in [7, 11) is 1.62. The van der Waals surface area contributed by atoms with Crippen molar-refractivity contribution in [2.24, 2.45) is 5.10 Å². The molecule has 0 saturated carbocycles. The van der Waals surface area contributed by atoms with E-state index in [1.165, 1.54) is 0 Å². The molecule has 0 aliphatic carbocycles. The number of hydrazone groups is 1. The standard InChI is InChI=1S/C19H23N3O2/c1-4-22(5-2)17-10-8-16(9-11-17)19(23)21-20-14-15-6-12-18(24-3)13-7-15/h6-14H,4-5H2,1-3H3,(H,21,23)/b20-14-. The molecule has 0 aliphatic heterocycles. The van der Waals surface area contributed by atoms with E-state index in [9.17, 15) is 4.79 Å². The van der Waals surface area contributed by atoms with Crippen molar-refractivity contribution < 1.29 is 9.53 Å². The molecule has 0 aliphatic rings. The highest BCUT2D eigenvalue weighted by molar-refractivity contribution is 5.95. The van der Waals surface area contributed by atoms with Crippen molar-refractivity contribution in [3.05, 3.63) is 59.7 Å². The van der Waals surface area contributed by atoms with Crippen LogP contribution in [0.4, 0.5) is 5.69 Å². The number of amides is 1. The minimum absolute atomic E-state index is 0.231. The van der Waals surface area contributed by atoms with E-state index in [0.717, 1.165) is 30.1 Å². The summed E-state index contributed by atoms with van der Waals surface area (Å²) in [4.78, 5) is 14.3. The molecule has 5 heteroatoms. The van der Waals surface area contributed by atoms with Crippen molar-refractivity contribution in [1.29, 1.82) is 0 Å². The number of ether oxygens (including phenoxy) is 1. The number of anilines is 1. The van der Waals surface area contributed by atoms with Gasteiger partial charge in [-0.3, -0.25) is 4.79 Å². The van der Waals surface area contributed by atoms with E-state index in [1.54, 1.807) is 13.3 Å². The highest BCUT2D eigenvalue weighted by atomic mass is 16.5. The molecule has 126 valence electrons. The van der Waals surface area contributed by atoms with Crippen LogP contribution in [-0.2, 0) is 0 Å². The van der Waals surface area contributed by atoms with Gasteiger partial charge in [0.05, 0.1) is 13.3 Å². The zero-order valence-electron chi connectivity index (χ0n) is 14.3. The van der Waals surface area contributed by atoms with E-state index in [2.05, 4.69) is 29.3 Å². The number of rotatable bonds is 7. The smallest absolute Gasteiger partial charge is 0.271 e. The lowest BCUT2D eigenvalue weighted by molar-refractivity contribution is 0.0955. The molecule has 5 nitrogen and oxygen atoms in total. The third kappa shape index (κ3) is 4.59. The Labute approximate surface area is 142 Å². The normalized spacial score (nSPS) is 10.6. The van der Waals surface area contributed by atoms with Gasteiger partial charge in [0.15, 0.2) is 0 Å². The minimum Gasteiger partial charge on any atom is -0.497 e. The van der Waals surface area contributed by atoms with E-state index >= 15 is 0 Å². The van der Waals surface area contributed by atoms with Crippen LogP contribution in [0.2, 0.25) is 0 Å². The number of nitrogens with one attached hydrogen (secondary N) is 1. The molecule has 2 rings (SSSR count). The van der Waals surface area contributed by atoms with Crippen molar-refractivity contribution >= 4 is 17.8 Å². The Morgan fingerprint density at radius 1 is 1.08 bits per heavy atom. The zero-order valence-corrected chi connectivity index (χ0v) is 14.3. The lowest BCUT2D eigenvalue weighted by atomic mass is 10.2. The highest BCUT2D eigenvalue weighted by Crippen LogP contribution is 2.15. The van der Waals surface area contributed by atoms with Crippen molar-refractivity contribution in [1.82, 2.24) is 5.43 Å². The predicted molar refractivity (Wildman–Crippen MR) is 98.1 cm³/mol. The Kier molecular flexibility index (Phi) is 6.37. The molecular formula is C19H23N3O2. The van der Waals surface area contributed by atoms with Gasteiger partial charge in [-0.2, -0.15) is 5.10 Å². The van der Waals surface area contributed by atoms with Crippen molar-refractivity contribution in [3.8, 4) is 5.75 Å². The van der Waals surface area contributed by atoms with E-state index in [-0.39, 0.29) is 5.91 Å². The molecule has 0 spiro atoms. The first-order chi connectivity index (χ1) is 11.7. The second kappa shape index (κ2) is 8.72. The summed E-state index contributed by atoms with van der Waals surface area (Å²) >= 11 is 0. The molecule has 0 bridgehead atoms. The van der Waals surface area contributed by atoms with Crippen molar-refractivity contribution in [3.63, 3.8) is 0 Å².